The number of pyridine rings is 2. The summed E-state index contributed by atoms with van der Waals surface area (Å²) in [5, 5.41) is 3.65. The molecule has 0 radical (unpaired) electrons. The summed E-state index contributed by atoms with van der Waals surface area (Å²) in [5.74, 6) is -0.614. The van der Waals surface area contributed by atoms with Gasteiger partial charge in [0, 0.05) is 28.9 Å². The van der Waals surface area contributed by atoms with Crippen molar-refractivity contribution in [2.24, 2.45) is 0 Å². The van der Waals surface area contributed by atoms with Crippen LogP contribution in [0.3, 0.4) is 0 Å². The molecule has 4 aromatic rings. The summed E-state index contributed by atoms with van der Waals surface area (Å²) in [7, 11) is 0. The zero-order valence-corrected chi connectivity index (χ0v) is 15.3. The lowest BCUT2D eigenvalue weighted by Crippen LogP contribution is -2.27. The quantitative estimate of drug-likeness (QED) is 0.554. The monoisotopic (exact) mass is 371 g/mol. The molecule has 5 heteroatoms. The predicted molar refractivity (Wildman–Crippen MR) is 107 cm³/mol. The van der Waals surface area contributed by atoms with Crippen LogP contribution in [0.25, 0.3) is 22.2 Å². The molecule has 138 valence electrons. The van der Waals surface area contributed by atoms with Gasteiger partial charge in [-0.3, -0.25) is 9.78 Å². The van der Waals surface area contributed by atoms with Gasteiger partial charge in [0.25, 0.3) is 5.91 Å². The highest BCUT2D eigenvalue weighted by molar-refractivity contribution is 6.07. The minimum absolute atomic E-state index is 0.273. The summed E-state index contributed by atoms with van der Waals surface area (Å²) in [6, 6.07) is 18.9. The number of carbonyl (C=O) groups is 1. The molecule has 1 N–H and O–H groups in total. The molecule has 0 bridgehead atoms. The minimum Gasteiger partial charge on any atom is -0.345 e. The van der Waals surface area contributed by atoms with Crippen LogP contribution in [0.1, 0.15) is 28.9 Å². The van der Waals surface area contributed by atoms with Crippen molar-refractivity contribution in [1.29, 1.82) is 0 Å². The van der Waals surface area contributed by atoms with Crippen LogP contribution in [0.4, 0.5) is 4.39 Å². The highest BCUT2D eigenvalue weighted by atomic mass is 19.1. The Morgan fingerprint density at radius 1 is 1.00 bits per heavy atom. The zero-order chi connectivity index (χ0) is 19.5. The van der Waals surface area contributed by atoms with Gasteiger partial charge in [-0.25, -0.2) is 9.37 Å². The number of hydrogen-bond acceptors (Lipinski definition) is 3. The largest absolute Gasteiger partial charge is 0.345 e. The number of halogens is 1. The Hall–Kier alpha value is -3.60. The molecule has 0 saturated heterocycles. The second-order valence-corrected chi connectivity index (χ2v) is 6.52. The number of carbonyl (C=O) groups excluding carboxylic acids is 1. The van der Waals surface area contributed by atoms with Gasteiger partial charge in [0.05, 0.1) is 22.8 Å². The lowest BCUT2D eigenvalue weighted by atomic mass is 10.0. The van der Waals surface area contributed by atoms with Gasteiger partial charge in [0.15, 0.2) is 0 Å². The number of amides is 1. The van der Waals surface area contributed by atoms with E-state index in [1.54, 1.807) is 43.6 Å². The fourth-order valence-electron chi connectivity index (χ4n) is 3.21. The smallest absolute Gasteiger partial charge is 0.252 e. The van der Waals surface area contributed by atoms with Gasteiger partial charge in [-0.05, 0) is 37.3 Å². The van der Waals surface area contributed by atoms with Crippen molar-refractivity contribution in [3.8, 4) is 11.3 Å². The summed E-state index contributed by atoms with van der Waals surface area (Å²) < 4.78 is 14.1. The van der Waals surface area contributed by atoms with Gasteiger partial charge in [-0.15, -0.1) is 0 Å². The second-order valence-electron chi connectivity index (χ2n) is 6.52. The molecule has 1 amide bonds. The Balaban J connectivity index is 1.75. The van der Waals surface area contributed by atoms with Crippen molar-refractivity contribution in [2.75, 3.05) is 0 Å². The predicted octanol–water partition coefficient (Wildman–Crippen LogP) is 4.93. The number of nitrogens with one attached hydrogen (secondary N) is 1. The maximum absolute atomic E-state index is 14.1. The van der Waals surface area contributed by atoms with Gasteiger partial charge in [0.1, 0.15) is 5.82 Å². The summed E-state index contributed by atoms with van der Waals surface area (Å²) in [6.07, 6.45) is 3.37. The fraction of sp³-hybridized carbons (Fsp3) is 0.0870. The van der Waals surface area contributed by atoms with Crippen molar-refractivity contribution in [2.45, 2.75) is 13.0 Å². The van der Waals surface area contributed by atoms with E-state index in [1.807, 2.05) is 36.4 Å². The van der Waals surface area contributed by atoms with Crippen LogP contribution >= 0.6 is 0 Å². The van der Waals surface area contributed by atoms with Crippen LogP contribution in [0, 0.1) is 5.82 Å². The first-order valence-corrected chi connectivity index (χ1v) is 8.99. The first kappa shape index (κ1) is 17.8. The molecule has 0 saturated carbocycles. The molecule has 28 heavy (non-hydrogen) atoms. The molecule has 0 aliphatic rings. The van der Waals surface area contributed by atoms with E-state index in [4.69, 9.17) is 0 Å². The average Bonchev–Trinajstić information content (AvgIpc) is 2.73. The van der Waals surface area contributed by atoms with E-state index in [-0.39, 0.29) is 11.7 Å². The molecular formula is C23H18FN3O. The maximum Gasteiger partial charge on any atom is 0.252 e. The molecule has 0 fully saturated rings. The van der Waals surface area contributed by atoms with Gasteiger partial charge in [-0.2, -0.15) is 0 Å². The molecular weight excluding hydrogens is 353 g/mol. The first-order valence-electron chi connectivity index (χ1n) is 8.99. The Morgan fingerprint density at radius 3 is 2.50 bits per heavy atom. The molecule has 4 rings (SSSR count). The molecule has 2 aromatic heterocycles. The lowest BCUT2D eigenvalue weighted by molar-refractivity contribution is 0.0941. The average molecular weight is 371 g/mol. The summed E-state index contributed by atoms with van der Waals surface area (Å²) in [4.78, 5) is 21.8. The van der Waals surface area contributed by atoms with Crippen molar-refractivity contribution in [3.63, 3.8) is 0 Å². The lowest BCUT2D eigenvalue weighted by Gasteiger charge is -2.16. The van der Waals surface area contributed by atoms with E-state index in [9.17, 15) is 9.18 Å². The summed E-state index contributed by atoms with van der Waals surface area (Å²) in [6.45, 7) is 1.77. The standard InChI is InChI=1S/C23H18FN3O/c1-15(17-6-2-4-8-20(17)24)26-23(28)19-14-22(16-10-12-25-13-11-16)27-21-9-5-3-7-18(19)21/h2-15H,1H3,(H,26,28)/t15-/m1/s1. The Bertz CT molecular complexity index is 1140. The molecule has 4 nitrogen and oxygen atoms in total. The third kappa shape index (κ3) is 3.47. The molecule has 0 aliphatic heterocycles. The van der Waals surface area contributed by atoms with Gasteiger partial charge < -0.3 is 5.32 Å². The number of fused-ring (bicyclic) bond motifs is 1. The number of nitrogens with zero attached hydrogens (tertiary/aromatic N) is 2. The third-order valence-corrected chi connectivity index (χ3v) is 4.66. The maximum atomic E-state index is 14.1. The van der Waals surface area contributed by atoms with Crippen LogP contribution in [0.2, 0.25) is 0 Å². The number of aromatic nitrogens is 2. The molecule has 2 heterocycles. The van der Waals surface area contributed by atoms with E-state index >= 15 is 0 Å². The van der Waals surface area contributed by atoms with Crippen LogP contribution < -0.4 is 5.32 Å². The fourth-order valence-corrected chi connectivity index (χ4v) is 3.21. The Labute approximate surface area is 162 Å². The van der Waals surface area contributed by atoms with Crippen LogP contribution in [0.15, 0.2) is 79.1 Å². The van der Waals surface area contributed by atoms with Gasteiger partial charge in [-0.1, -0.05) is 36.4 Å². The van der Waals surface area contributed by atoms with Crippen molar-refractivity contribution < 1.29 is 9.18 Å². The minimum atomic E-state index is -0.468. The van der Waals surface area contributed by atoms with Crippen LogP contribution in [-0.4, -0.2) is 15.9 Å². The highest BCUT2D eigenvalue weighted by Crippen LogP contribution is 2.25. The van der Waals surface area contributed by atoms with Crippen molar-refractivity contribution in [3.05, 3.63) is 96.1 Å². The molecule has 0 unspecified atom stereocenters. The van der Waals surface area contributed by atoms with Crippen molar-refractivity contribution >= 4 is 16.8 Å². The third-order valence-electron chi connectivity index (χ3n) is 4.66. The van der Waals surface area contributed by atoms with Gasteiger partial charge in [0.2, 0.25) is 0 Å². The highest BCUT2D eigenvalue weighted by Gasteiger charge is 2.18. The first-order chi connectivity index (χ1) is 13.6. The summed E-state index contributed by atoms with van der Waals surface area (Å²) >= 11 is 0. The van der Waals surface area contributed by atoms with Gasteiger partial charge >= 0.3 is 0 Å². The second kappa shape index (κ2) is 7.56. The van der Waals surface area contributed by atoms with Crippen LogP contribution in [0.5, 0.6) is 0 Å². The number of para-hydroxylation sites is 1. The number of benzene rings is 2. The Kier molecular flexibility index (Phi) is 4.81. The topological polar surface area (TPSA) is 54.9 Å². The molecule has 0 spiro atoms. The van der Waals surface area contributed by atoms with Crippen molar-refractivity contribution in [1.82, 2.24) is 15.3 Å². The number of rotatable bonds is 4. The van der Waals surface area contributed by atoms with E-state index in [0.29, 0.717) is 16.8 Å². The van der Waals surface area contributed by atoms with E-state index in [0.717, 1.165) is 16.5 Å². The molecule has 0 aliphatic carbocycles. The molecule has 2 aromatic carbocycles. The van der Waals surface area contributed by atoms with Crippen LogP contribution in [-0.2, 0) is 0 Å². The SMILES string of the molecule is C[C@@H](NC(=O)c1cc(-c2ccncc2)nc2ccccc12)c1ccccc1F. The zero-order valence-electron chi connectivity index (χ0n) is 15.3. The summed E-state index contributed by atoms with van der Waals surface area (Å²) in [5.41, 5.74) is 3.23. The van der Waals surface area contributed by atoms with E-state index in [2.05, 4.69) is 15.3 Å². The Morgan fingerprint density at radius 2 is 1.71 bits per heavy atom. The number of hydrogen-bond donors (Lipinski definition) is 1. The molecule has 1 atom stereocenters. The van der Waals surface area contributed by atoms with E-state index < -0.39 is 6.04 Å². The normalized spacial score (nSPS) is 11.9. The van der Waals surface area contributed by atoms with E-state index in [1.165, 1.54) is 6.07 Å².